The highest BCUT2D eigenvalue weighted by molar-refractivity contribution is 9.10. The second-order valence-electron chi connectivity index (χ2n) is 3.73. The molecule has 0 amide bonds. The molecule has 0 aliphatic heterocycles. The van der Waals surface area contributed by atoms with E-state index >= 15 is 0 Å². The lowest BCUT2D eigenvalue weighted by atomic mass is 10.0. The molecule has 1 aromatic rings. The zero-order valence-electron chi connectivity index (χ0n) is 7.76. The topological polar surface area (TPSA) is 20.2 Å². The highest BCUT2D eigenvalue weighted by Crippen LogP contribution is 2.34. The molecule has 0 aromatic heterocycles. The summed E-state index contributed by atoms with van der Waals surface area (Å²) in [6, 6.07) is 3.92. The third kappa shape index (κ3) is 1.97. The normalized spacial score (nSPS) is 21.5. The summed E-state index contributed by atoms with van der Waals surface area (Å²) >= 11 is 9.41. The first-order chi connectivity index (χ1) is 6.68. The lowest BCUT2D eigenvalue weighted by Gasteiger charge is -2.12. The average Bonchev–Trinajstić information content (AvgIpc) is 2.31. The lowest BCUT2D eigenvalue weighted by molar-refractivity contribution is 0.166. The van der Waals surface area contributed by atoms with Crippen molar-refractivity contribution in [2.75, 3.05) is 0 Å². The Morgan fingerprint density at radius 1 is 1.36 bits per heavy atom. The van der Waals surface area contributed by atoms with Gasteiger partial charge in [-0.1, -0.05) is 18.0 Å². The molecule has 3 heteroatoms. The molecule has 0 heterocycles. The molecule has 0 bridgehead atoms. The van der Waals surface area contributed by atoms with E-state index in [0.29, 0.717) is 5.02 Å². The average molecular weight is 276 g/mol. The summed E-state index contributed by atoms with van der Waals surface area (Å²) in [7, 11) is 0. The standard InChI is InChI=1S/C11H12BrClO/c12-9-5-7-3-1-2-4-11(14)8(7)6-10(9)13/h5-6,11,14H,1-4H2. The van der Waals surface area contributed by atoms with Crippen molar-refractivity contribution < 1.29 is 5.11 Å². The van der Waals surface area contributed by atoms with Crippen LogP contribution in [0.2, 0.25) is 5.02 Å². The van der Waals surface area contributed by atoms with Crippen molar-refractivity contribution in [1.29, 1.82) is 0 Å². The molecule has 1 aliphatic rings. The summed E-state index contributed by atoms with van der Waals surface area (Å²) < 4.78 is 0.923. The van der Waals surface area contributed by atoms with E-state index in [4.69, 9.17) is 11.6 Å². The van der Waals surface area contributed by atoms with Crippen molar-refractivity contribution in [1.82, 2.24) is 0 Å². The molecule has 1 aromatic carbocycles. The number of aliphatic hydroxyl groups is 1. The third-order valence-electron chi connectivity index (χ3n) is 2.71. The fourth-order valence-electron chi connectivity index (χ4n) is 1.94. The zero-order valence-corrected chi connectivity index (χ0v) is 10.1. The van der Waals surface area contributed by atoms with Crippen LogP contribution < -0.4 is 0 Å². The number of aliphatic hydroxyl groups excluding tert-OH is 1. The van der Waals surface area contributed by atoms with E-state index in [1.807, 2.05) is 12.1 Å². The van der Waals surface area contributed by atoms with Crippen LogP contribution in [0.5, 0.6) is 0 Å². The van der Waals surface area contributed by atoms with Gasteiger partial charge in [0.2, 0.25) is 0 Å². The number of hydrogen-bond acceptors (Lipinski definition) is 1. The number of aryl methyl sites for hydroxylation is 1. The maximum absolute atomic E-state index is 9.88. The van der Waals surface area contributed by atoms with Crippen LogP contribution in [0.4, 0.5) is 0 Å². The maximum atomic E-state index is 9.88. The van der Waals surface area contributed by atoms with Gasteiger partial charge in [0, 0.05) is 4.47 Å². The minimum Gasteiger partial charge on any atom is -0.388 e. The van der Waals surface area contributed by atoms with Crippen LogP contribution in [-0.4, -0.2) is 5.11 Å². The Bertz CT molecular complexity index is 351. The molecule has 1 atom stereocenters. The van der Waals surface area contributed by atoms with Gasteiger partial charge in [-0.3, -0.25) is 0 Å². The highest BCUT2D eigenvalue weighted by Gasteiger charge is 2.17. The van der Waals surface area contributed by atoms with Crippen molar-refractivity contribution in [2.45, 2.75) is 31.8 Å². The van der Waals surface area contributed by atoms with Crippen molar-refractivity contribution >= 4 is 27.5 Å². The zero-order chi connectivity index (χ0) is 10.1. The Kier molecular flexibility index (Phi) is 3.15. The van der Waals surface area contributed by atoms with Gasteiger partial charge in [0.15, 0.2) is 0 Å². The van der Waals surface area contributed by atoms with E-state index in [9.17, 15) is 5.11 Å². The van der Waals surface area contributed by atoms with E-state index in [2.05, 4.69) is 15.9 Å². The van der Waals surface area contributed by atoms with E-state index < -0.39 is 0 Å². The van der Waals surface area contributed by atoms with Crippen LogP contribution >= 0.6 is 27.5 Å². The Hall–Kier alpha value is -0.0500. The smallest absolute Gasteiger partial charge is 0.0793 e. The molecule has 0 spiro atoms. The Labute approximate surface area is 97.2 Å². The summed E-state index contributed by atoms with van der Waals surface area (Å²) in [5, 5.41) is 10.6. The molecule has 1 N–H and O–H groups in total. The van der Waals surface area contributed by atoms with E-state index in [-0.39, 0.29) is 6.10 Å². The van der Waals surface area contributed by atoms with Crippen LogP contribution in [0.15, 0.2) is 16.6 Å². The van der Waals surface area contributed by atoms with Crippen molar-refractivity contribution in [3.63, 3.8) is 0 Å². The van der Waals surface area contributed by atoms with Crippen LogP contribution in [0.25, 0.3) is 0 Å². The van der Waals surface area contributed by atoms with Gasteiger partial charge in [-0.25, -0.2) is 0 Å². The van der Waals surface area contributed by atoms with Gasteiger partial charge in [-0.05, 0) is 58.5 Å². The van der Waals surface area contributed by atoms with Crippen LogP contribution in [-0.2, 0) is 6.42 Å². The molecule has 0 saturated carbocycles. The van der Waals surface area contributed by atoms with Gasteiger partial charge in [-0.2, -0.15) is 0 Å². The molecule has 0 saturated heterocycles. The minimum atomic E-state index is -0.335. The number of benzene rings is 1. The molecule has 1 unspecified atom stereocenters. The largest absolute Gasteiger partial charge is 0.388 e. The van der Waals surface area contributed by atoms with Crippen molar-refractivity contribution in [3.05, 3.63) is 32.8 Å². The SMILES string of the molecule is OC1CCCCc2cc(Br)c(Cl)cc21. The number of rotatable bonds is 0. The quantitative estimate of drug-likeness (QED) is 0.713. The minimum absolute atomic E-state index is 0.335. The Morgan fingerprint density at radius 3 is 2.93 bits per heavy atom. The number of hydrogen-bond donors (Lipinski definition) is 1. The van der Waals surface area contributed by atoms with E-state index in [1.165, 1.54) is 5.56 Å². The fraction of sp³-hybridized carbons (Fsp3) is 0.455. The molecule has 1 aliphatic carbocycles. The number of halogens is 2. The van der Waals surface area contributed by atoms with E-state index in [0.717, 1.165) is 35.7 Å². The van der Waals surface area contributed by atoms with Crippen molar-refractivity contribution in [3.8, 4) is 0 Å². The molecule has 76 valence electrons. The van der Waals surface area contributed by atoms with Crippen molar-refractivity contribution in [2.24, 2.45) is 0 Å². The van der Waals surface area contributed by atoms with E-state index in [1.54, 1.807) is 0 Å². The van der Waals surface area contributed by atoms with Gasteiger partial charge < -0.3 is 5.11 Å². The van der Waals surface area contributed by atoms with Crippen LogP contribution in [0, 0.1) is 0 Å². The summed E-state index contributed by atoms with van der Waals surface area (Å²) in [6.45, 7) is 0. The lowest BCUT2D eigenvalue weighted by Crippen LogP contribution is -1.98. The van der Waals surface area contributed by atoms with Crippen LogP contribution in [0.3, 0.4) is 0 Å². The first kappa shape index (κ1) is 10.5. The van der Waals surface area contributed by atoms with Gasteiger partial charge in [0.25, 0.3) is 0 Å². The van der Waals surface area contributed by atoms with Gasteiger partial charge in [0.1, 0.15) is 0 Å². The molecule has 2 rings (SSSR count). The third-order valence-corrected chi connectivity index (χ3v) is 3.91. The maximum Gasteiger partial charge on any atom is 0.0793 e. The number of fused-ring (bicyclic) bond motifs is 1. The molecule has 0 radical (unpaired) electrons. The first-order valence-corrected chi connectivity index (χ1v) is 6.01. The van der Waals surface area contributed by atoms with Gasteiger partial charge >= 0.3 is 0 Å². The molecule has 0 fully saturated rings. The summed E-state index contributed by atoms with van der Waals surface area (Å²) in [6.07, 6.45) is 3.80. The predicted octanol–water partition coefficient (Wildman–Crippen LogP) is 3.86. The Morgan fingerprint density at radius 2 is 2.14 bits per heavy atom. The predicted molar refractivity (Wildman–Crippen MR) is 61.7 cm³/mol. The molecule has 14 heavy (non-hydrogen) atoms. The summed E-state index contributed by atoms with van der Waals surface area (Å²) in [5.74, 6) is 0. The summed E-state index contributed by atoms with van der Waals surface area (Å²) in [4.78, 5) is 0. The second kappa shape index (κ2) is 4.21. The molecular formula is C11H12BrClO. The summed E-state index contributed by atoms with van der Waals surface area (Å²) in [5.41, 5.74) is 2.24. The molecule has 1 nitrogen and oxygen atoms in total. The van der Waals surface area contributed by atoms with Crippen LogP contribution in [0.1, 0.15) is 36.5 Å². The first-order valence-electron chi connectivity index (χ1n) is 4.84. The fourth-order valence-corrected chi connectivity index (χ4v) is 2.50. The van der Waals surface area contributed by atoms with Gasteiger partial charge in [0.05, 0.1) is 11.1 Å². The second-order valence-corrected chi connectivity index (χ2v) is 4.99. The van der Waals surface area contributed by atoms with Gasteiger partial charge in [-0.15, -0.1) is 0 Å². The molecular weight excluding hydrogens is 263 g/mol. The Balaban J connectivity index is 2.49. The highest BCUT2D eigenvalue weighted by atomic mass is 79.9. The monoisotopic (exact) mass is 274 g/mol.